The SMILES string of the molecule is COCC(C)NC(=O)CN1CC(=O)NC1=O. The highest BCUT2D eigenvalue weighted by atomic mass is 16.5. The highest BCUT2D eigenvalue weighted by molar-refractivity contribution is 6.03. The van der Waals surface area contributed by atoms with Crippen LogP contribution >= 0.6 is 0 Å². The monoisotopic (exact) mass is 229 g/mol. The van der Waals surface area contributed by atoms with Crippen LogP contribution in [0.5, 0.6) is 0 Å². The maximum atomic E-state index is 11.4. The fourth-order valence-corrected chi connectivity index (χ4v) is 1.40. The number of hydrogen-bond acceptors (Lipinski definition) is 4. The molecule has 1 fully saturated rings. The number of carbonyl (C=O) groups is 3. The van der Waals surface area contributed by atoms with E-state index in [2.05, 4.69) is 10.6 Å². The third-order valence-electron chi connectivity index (χ3n) is 2.03. The van der Waals surface area contributed by atoms with E-state index < -0.39 is 6.03 Å². The number of carbonyl (C=O) groups excluding carboxylic acids is 3. The minimum Gasteiger partial charge on any atom is -0.383 e. The van der Waals surface area contributed by atoms with Crippen molar-refractivity contribution in [3.05, 3.63) is 0 Å². The molecule has 1 unspecified atom stereocenters. The van der Waals surface area contributed by atoms with Gasteiger partial charge in [0.2, 0.25) is 11.8 Å². The minimum atomic E-state index is -0.528. The van der Waals surface area contributed by atoms with Crippen LogP contribution in [-0.2, 0) is 14.3 Å². The van der Waals surface area contributed by atoms with E-state index in [1.54, 1.807) is 6.92 Å². The largest absolute Gasteiger partial charge is 0.383 e. The van der Waals surface area contributed by atoms with Gasteiger partial charge in [0.05, 0.1) is 6.61 Å². The lowest BCUT2D eigenvalue weighted by atomic mass is 10.3. The second-order valence-electron chi connectivity index (χ2n) is 3.63. The summed E-state index contributed by atoms with van der Waals surface area (Å²) in [6.07, 6.45) is 0. The normalized spacial score (nSPS) is 17.2. The summed E-state index contributed by atoms with van der Waals surface area (Å²) in [7, 11) is 1.54. The van der Waals surface area contributed by atoms with Gasteiger partial charge in [-0.1, -0.05) is 0 Å². The van der Waals surface area contributed by atoms with Crippen molar-refractivity contribution >= 4 is 17.8 Å². The van der Waals surface area contributed by atoms with Crippen molar-refractivity contribution in [2.24, 2.45) is 0 Å². The first-order valence-corrected chi connectivity index (χ1v) is 4.90. The van der Waals surface area contributed by atoms with Gasteiger partial charge in [0, 0.05) is 13.2 Å². The number of imide groups is 1. The number of methoxy groups -OCH3 is 1. The molecule has 0 radical (unpaired) electrons. The van der Waals surface area contributed by atoms with Gasteiger partial charge >= 0.3 is 6.03 Å². The number of hydrogen-bond donors (Lipinski definition) is 2. The predicted octanol–water partition coefficient (Wildman–Crippen LogP) is -1.31. The van der Waals surface area contributed by atoms with E-state index in [1.165, 1.54) is 7.11 Å². The van der Waals surface area contributed by atoms with E-state index >= 15 is 0 Å². The van der Waals surface area contributed by atoms with Gasteiger partial charge in [-0.15, -0.1) is 0 Å². The molecule has 0 aromatic carbocycles. The van der Waals surface area contributed by atoms with E-state index in [0.29, 0.717) is 6.61 Å². The van der Waals surface area contributed by atoms with Gasteiger partial charge in [0.1, 0.15) is 13.1 Å². The summed E-state index contributed by atoms with van der Waals surface area (Å²) in [5.41, 5.74) is 0. The van der Waals surface area contributed by atoms with Gasteiger partial charge in [-0.25, -0.2) is 4.79 Å². The number of rotatable bonds is 5. The lowest BCUT2D eigenvalue weighted by Gasteiger charge is -2.16. The Kier molecular flexibility index (Phi) is 4.24. The van der Waals surface area contributed by atoms with E-state index in [4.69, 9.17) is 4.74 Å². The van der Waals surface area contributed by atoms with Gasteiger partial charge in [0.25, 0.3) is 0 Å². The average Bonchev–Trinajstić information content (AvgIpc) is 2.44. The van der Waals surface area contributed by atoms with E-state index in [9.17, 15) is 14.4 Å². The summed E-state index contributed by atoms with van der Waals surface area (Å²) < 4.78 is 4.85. The van der Waals surface area contributed by atoms with Crippen molar-refractivity contribution in [2.45, 2.75) is 13.0 Å². The molecule has 1 saturated heterocycles. The Morgan fingerprint density at radius 1 is 1.62 bits per heavy atom. The lowest BCUT2D eigenvalue weighted by molar-refractivity contribution is -0.122. The molecule has 1 aliphatic heterocycles. The number of urea groups is 1. The molecule has 1 aliphatic rings. The zero-order valence-corrected chi connectivity index (χ0v) is 9.28. The van der Waals surface area contributed by atoms with Crippen LogP contribution in [0.15, 0.2) is 0 Å². The molecule has 7 heteroatoms. The van der Waals surface area contributed by atoms with Gasteiger partial charge in [0.15, 0.2) is 0 Å². The average molecular weight is 229 g/mol. The van der Waals surface area contributed by atoms with Crippen molar-refractivity contribution in [2.75, 3.05) is 26.8 Å². The smallest absolute Gasteiger partial charge is 0.325 e. The number of amides is 4. The first-order chi connectivity index (χ1) is 7.52. The molecule has 7 nitrogen and oxygen atoms in total. The molecule has 1 atom stereocenters. The molecule has 2 N–H and O–H groups in total. The van der Waals surface area contributed by atoms with E-state index in [1.807, 2.05) is 0 Å². The molecule has 1 heterocycles. The third-order valence-corrected chi connectivity index (χ3v) is 2.03. The Morgan fingerprint density at radius 2 is 2.31 bits per heavy atom. The molecule has 0 bridgehead atoms. The molecule has 90 valence electrons. The minimum absolute atomic E-state index is 0.0646. The van der Waals surface area contributed by atoms with Gasteiger partial charge in [-0.3, -0.25) is 14.9 Å². The van der Waals surface area contributed by atoms with Gasteiger partial charge in [-0.05, 0) is 6.92 Å². The highest BCUT2D eigenvalue weighted by Gasteiger charge is 2.28. The maximum absolute atomic E-state index is 11.4. The Labute approximate surface area is 93.1 Å². The summed E-state index contributed by atoms with van der Waals surface area (Å²) in [4.78, 5) is 34.6. The molecule has 0 spiro atoms. The third kappa shape index (κ3) is 3.50. The molecule has 4 amide bonds. The van der Waals surface area contributed by atoms with Crippen LogP contribution in [0.3, 0.4) is 0 Å². The first kappa shape index (κ1) is 12.4. The Bertz CT molecular complexity index is 305. The summed E-state index contributed by atoms with van der Waals surface area (Å²) in [5, 5.41) is 4.74. The van der Waals surface area contributed by atoms with Gasteiger partial charge < -0.3 is 15.0 Å². The molecule has 0 aliphatic carbocycles. The fourth-order valence-electron chi connectivity index (χ4n) is 1.40. The van der Waals surface area contributed by atoms with Gasteiger partial charge in [-0.2, -0.15) is 0 Å². The Hall–Kier alpha value is -1.63. The second kappa shape index (κ2) is 5.45. The van der Waals surface area contributed by atoms with Crippen LogP contribution in [-0.4, -0.2) is 55.6 Å². The standard InChI is InChI=1S/C9H15N3O4/c1-6(5-16-2)10-7(13)3-12-4-8(14)11-9(12)15/h6H,3-5H2,1-2H3,(H,10,13)(H,11,14,15). The predicted molar refractivity (Wildman–Crippen MR) is 54.6 cm³/mol. The van der Waals surface area contributed by atoms with Crippen molar-refractivity contribution in [3.8, 4) is 0 Å². The summed E-state index contributed by atoms with van der Waals surface area (Å²) in [6.45, 7) is 2.00. The van der Waals surface area contributed by atoms with Crippen LogP contribution in [0.25, 0.3) is 0 Å². The van der Waals surface area contributed by atoms with E-state index in [-0.39, 0.29) is 30.9 Å². The summed E-state index contributed by atoms with van der Waals surface area (Å²) in [6, 6.07) is -0.654. The number of nitrogens with one attached hydrogen (secondary N) is 2. The molecule has 0 saturated carbocycles. The summed E-state index contributed by atoms with van der Waals surface area (Å²) >= 11 is 0. The Morgan fingerprint density at radius 3 is 2.81 bits per heavy atom. The first-order valence-electron chi connectivity index (χ1n) is 4.90. The Balaban J connectivity index is 2.34. The summed E-state index contributed by atoms with van der Waals surface area (Å²) in [5.74, 6) is -0.697. The zero-order valence-electron chi connectivity index (χ0n) is 9.28. The fraction of sp³-hybridized carbons (Fsp3) is 0.667. The molecule has 16 heavy (non-hydrogen) atoms. The lowest BCUT2D eigenvalue weighted by Crippen LogP contribution is -2.43. The van der Waals surface area contributed by atoms with Crippen molar-refractivity contribution in [1.29, 1.82) is 0 Å². The highest BCUT2D eigenvalue weighted by Crippen LogP contribution is 1.97. The van der Waals surface area contributed by atoms with E-state index in [0.717, 1.165) is 4.90 Å². The quantitative estimate of drug-likeness (QED) is 0.573. The molecular weight excluding hydrogens is 214 g/mol. The van der Waals surface area contributed by atoms with Crippen molar-refractivity contribution < 1.29 is 19.1 Å². The second-order valence-corrected chi connectivity index (χ2v) is 3.63. The maximum Gasteiger partial charge on any atom is 0.325 e. The number of ether oxygens (including phenoxy) is 1. The van der Waals surface area contributed by atoms with Crippen LogP contribution in [0.1, 0.15) is 6.92 Å². The molecular formula is C9H15N3O4. The van der Waals surface area contributed by atoms with Crippen LogP contribution in [0.4, 0.5) is 4.79 Å². The molecule has 0 aromatic heterocycles. The van der Waals surface area contributed by atoms with Crippen LogP contribution in [0, 0.1) is 0 Å². The zero-order chi connectivity index (χ0) is 12.1. The van der Waals surface area contributed by atoms with Crippen molar-refractivity contribution in [1.82, 2.24) is 15.5 Å². The molecule has 1 rings (SSSR count). The molecule has 0 aromatic rings. The topological polar surface area (TPSA) is 87.7 Å². The number of nitrogens with zero attached hydrogens (tertiary/aromatic N) is 1. The van der Waals surface area contributed by atoms with Crippen LogP contribution in [0.2, 0.25) is 0 Å². The van der Waals surface area contributed by atoms with Crippen LogP contribution < -0.4 is 10.6 Å². The van der Waals surface area contributed by atoms with Crippen molar-refractivity contribution in [3.63, 3.8) is 0 Å².